The van der Waals surface area contributed by atoms with E-state index in [1.54, 1.807) is 20.3 Å². The van der Waals surface area contributed by atoms with Gasteiger partial charge in [-0.3, -0.25) is 4.79 Å². The molecule has 1 heterocycles. The molecule has 4 heteroatoms. The average Bonchev–Trinajstić information content (AvgIpc) is 2.84. The molecule has 1 aromatic rings. The van der Waals surface area contributed by atoms with E-state index < -0.39 is 0 Å². The van der Waals surface area contributed by atoms with Crippen LogP contribution >= 0.6 is 0 Å². The fourth-order valence-electron chi connectivity index (χ4n) is 3.39. The Hall–Kier alpha value is -1.71. The van der Waals surface area contributed by atoms with Gasteiger partial charge >= 0.3 is 0 Å². The number of rotatable bonds is 2. The van der Waals surface area contributed by atoms with Gasteiger partial charge in [0.2, 0.25) is 0 Å². The van der Waals surface area contributed by atoms with Crippen LogP contribution in [0.1, 0.15) is 41.6 Å². The highest BCUT2D eigenvalue weighted by Gasteiger charge is 2.41. The Labute approximate surface area is 113 Å². The van der Waals surface area contributed by atoms with Crippen molar-refractivity contribution in [3.63, 3.8) is 0 Å². The Bertz CT molecular complexity index is 518. The first-order valence-corrected chi connectivity index (χ1v) is 6.75. The molecule has 0 aromatic heterocycles. The van der Waals surface area contributed by atoms with Crippen molar-refractivity contribution in [2.45, 2.75) is 37.6 Å². The number of nitrogens with one attached hydrogen (secondary N) is 1. The summed E-state index contributed by atoms with van der Waals surface area (Å²) in [6, 6.07) is 3.74. The lowest BCUT2D eigenvalue weighted by Gasteiger charge is -2.36. The van der Waals surface area contributed by atoms with Crippen molar-refractivity contribution in [3.8, 4) is 11.5 Å². The second kappa shape index (κ2) is 4.44. The lowest BCUT2D eigenvalue weighted by molar-refractivity contribution is 0.0877. The van der Waals surface area contributed by atoms with Gasteiger partial charge in [-0.1, -0.05) is 12.8 Å². The van der Waals surface area contributed by atoms with Crippen LogP contribution in [0.5, 0.6) is 11.5 Å². The van der Waals surface area contributed by atoms with Crippen molar-refractivity contribution in [3.05, 3.63) is 23.3 Å². The van der Waals surface area contributed by atoms with Crippen LogP contribution in [-0.4, -0.2) is 25.7 Å². The summed E-state index contributed by atoms with van der Waals surface area (Å²) in [5.41, 5.74) is 1.67. The van der Waals surface area contributed by atoms with Gasteiger partial charge in [0.1, 0.15) is 11.5 Å². The molecule has 0 saturated heterocycles. The van der Waals surface area contributed by atoms with E-state index >= 15 is 0 Å². The zero-order valence-electron chi connectivity index (χ0n) is 11.4. The number of hydrogen-bond acceptors (Lipinski definition) is 3. The van der Waals surface area contributed by atoms with E-state index in [1.807, 2.05) is 6.07 Å². The molecule has 1 saturated carbocycles. The van der Waals surface area contributed by atoms with Crippen molar-refractivity contribution in [2.24, 2.45) is 0 Å². The Morgan fingerprint density at radius 2 is 1.89 bits per heavy atom. The molecule has 0 unspecified atom stereocenters. The van der Waals surface area contributed by atoms with Gasteiger partial charge in [0.05, 0.1) is 19.8 Å². The molecule has 4 nitrogen and oxygen atoms in total. The minimum Gasteiger partial charge on any atom is -0.497 e. The number of carbonyl (C=O) groups is 1. The summed E-state index contributed by atoms with van der Waals surface area (Å²) >= 11 is 0. The summed E-state index contributed by atoms with van der Waals surface area (Å²) in [7, 11) is 3.22. The quantitative estimate of drug-likeness (QED) is 0.888. The maximum atomic E-state index is 12.4. The highest BCUT2D eigenvalue weighted by atomic mass is 16.5. The third-order valence-electron chi connectivity index (χ3n) is 4.31. The van der Waals surface area contributed by atoms with E-state index in [0.29, 0.717) is 11.3 Å². The van der Waals surface area contributed by atoms with Crippen molar-refractivity contribution in [2.75, 3.05) is 14.2 Å². The summed E-state index contributed by atoms with van der Waals surface area (Å²) < 4.78 is 10.6. The predicted octanol–water partition coefficient (Wildman–Crippen LogP) is 2.30. The van der Waals surface area contributed by atoms with E-state index in [-0.39, 0.29) is 11.4 Å². The third kappa shape index (κ3) is 1.95. The van der Waals surface area contributed by atoms with E-state index in [1.165, 1.54) is 12.8 Å². The molecule has 0 bridgehead atoms. The number of ether oxygens (including phenoxy) is 2. The number of amides is 1. The molecule has 1 aliphatic heterocycles. The highest BCUT2D eigenvalue weighted by Crippen LogP contribution is 2.40. The van der Waals surface area contributed by atoms with Crippen molar-refractivity contribution >= 4 is 5.91 Å². The van der Waals surface area contributed by atoms with Gasteiger partial charge in [-0.15, -0.1) is 0 Å². The number of hydrogen-bond donors (Lipinski definition) is 1. The van der Waals surface area contributed by atoms with E-state index in [4.69, 9.17) is 9.47 Å². The second-order valence-electron chi connectivity index (χ2n) is 5.48. The molecule has 102 valence electrons. The Morgan fingerprint density at radius 1 is 1.16 bits per heavy atom. The van der Waals surface area contributed by atoms with Crippen molar-refractivity contribution in [1.29, 1.82) is 0 Å². The minimum absolute atomic E-state index is 0.0114. The molecule has 0 atom stereocenters. The van der Waals surface area contributed by atoms with Gasteiger partial charge in [-0.25, -0.2) is 0 Å². The van der Waals surface area contributed by atoms with E-state index in [9.17, 15) is 4.79 Å². The van der Waals surface area contributed by atoms with Crippen LogP contribution in [0.25, 0.3) is 0 Å². The van der Waals surface area contributed by atoms with Crippen LogP contribution in [0.3, 0.4) is 0 Å². The van der Waals surface area contributed by atoms with Gasteiger partial charge < -0.3 is 14.8 Å². The lowest BCUT2D eigenvalue weighted by Crippen LogP contribution is -2.51. The summed E-state index contributed by atoms with van der Waals surface area (Å²) in [4.78, 5) is 12.4. The van der Waals surface area contributed by atoms with Crippen molar-refractivity contribution in [1.82, 2.24) is 5.32 Å². The maximum Gasteiger partial charge on any atom is 0.255 e. The normalized spacial score (nSPS) is 20.0. The van der Waals surface area contributed by atoms with Gasteiger partial charge in [-0.2, -0.15) is 0 Å². The van der Waals surface area contributed by atoms with Gasteiger partial charge in [0, 0.05) is 11.6 Å². The first-order chi connectivity index (χ1) is 9.17. The summed E-state index contributed by atoms with van der Waals surface area (Å²) in [5.74, 6) is 1.33. The second-order valence-corrected chi connectivity index (χ2v) is 5.48. The van der Waals surface area contributed by atoms with E-state index in [0.717, 1.165) is 30.6 Å². The van der Waals surface area contributed by atoms with E-state index in [2.05, 4.69) is 5.32 Å². The van der Waals surface area contributed by atoms with Crippen LogP contribution in [0.15, 0.2) is 12.1 Å². The largest absolute Gasteiger partial charge is 0.497 e. The van der Waals surface area contributed by atoms with Crippen molar-refractivity contribution < 1.29 is 14.3 Å². The molecule has 1 fully saturated rings. The topological polar surface area (TPSA) is 47.6 Å². The summed E-state index contributed by atoms with van der Waals surface area (Å²) in [6.45, 7) is 0. The smallest absolute Gasteiger partial charge is 0.255 e. The third-order valence-corrected chi connectivity index (χ3v) is 4.31. The summed E-state index contributed by atoms with van der Waals surface area (Å²) in [5, 5.41) is 3.20. The van der Waals surface area contributed by atoms with Crippen LogP contribution in [-0.2, 0) is 6.42 Å². The zero-order valence-corrected chi connectivity index (χ0v) is 11.4. The number of benzene rings is 1. The van der Waals surface area contributed by atoms with Gasteiger partial charge in [0.25, 0.3) is 5.91 Å². The molecule has 0 radical (unpaired) electrons. The number of methoxy groups -OCH3 is 2. The molecule has 19 heavy (non-hydrogen) atoms. The Morgan fingerprint density at radius 3 is 2.53 bits per heavy atom. The average molecular weight is 261 g/mol. The SMILES string of the molecule is COc1cc2c(c(OC)c1)C(=O)NC1(CCCC1)C2. The van der Waals surface area contributed by atoms with Crippen LogP contribution in [0.2, 0.25) is 0 Å². The van der Waals surface area contributed by atoms with Gasteiger partial charge in [-0.05, 0) is 30.9 Å². The minimum atomic E-state index is -0.0402. The monoisotopic (exact) mass is 261 g/mol. The fraction of sp³-hybridized carbons (Fsp3) is 0.533. The van der Waals surface area contributed by atoms with Gasteiger partial charge in [0.15, 0.2) is 0 Å². The number of fused-ring (bicyclic) bond motifs is 1. The first-order valence-electron chi connectivity index (χ1n) is 6.75. The van der Waals surface area contributed by atoms with Crippen LogP contribution in [0, 0.1) is 0 Å². The molecule has 1 aliphatic carbocycles. The van der Waals surface area contributed by atoms with Crippen LogP contribution < -0.4 is 14.8 Å². The summed E-state index contributed by atoms with van der Waals surface area (Å²) in [6.07, 6.45) is 5.39. The Kier molecular flexibility index (Phi) is 2.88. The standard InChI is InChI=1S/C15H19NO3/c1-18-11-7-10-9-15(5-3-4-6-15)16-14(17)13(10)12(8-11)19-2/h7-8H,3-6,9H2,1-2H3,(H,16,17). The molecular weight excluding hydrogens is 242 g/mol. The molecule has 3 rings (SSSR count). The number of carbonyl (C=O) groups excluding carboxylic acids is 1. The Balaban J connectivity index is 2.08. The molecule has 2 aliphatic rings. The molecule has 1 amide bonds. The molecule has 1 aromatic carbocycles. The predicted molar refractivity (Wildman–Crippen MR) is 71.9 cm³/mol. The lowest BCUT2D eigenvalue weighted by atomic mass is 9.82. The van der Waals surface area contributed by atoms with Crippen LogP contribution in [0.4, 0.5) is 0 Å². The first kappa shape index (κ1) is 12.3. The maximum absolute atomic E-state index is 12.4. The molecule has 1 spiro atoms. The molecule has 1 N–H and O–H groups in total. The highest BCUT2D eigenvalue weighted by molar-refractivity contribution is 6.00. The molecular formula is C15H19NO3. The zero-order chi connectivity index (χ0) is 13.5. The fourth-order valence-corrected chi connectivity index (χ4v) is 3.39.